The summed E-state index contributed by atoms with van der Waals surface area (Å²) in [5, 5.41) is 14.7. The lowest BCUT2D eigenvalue weighted by Crippen LogP contribution is -1.97. The number of benzene rings is 5. The molecule has 5 aromatic carbocycles. The molecule has 2 heterocycles. The molecule has 0 saturated carbocycles. The summed E-state index contributed by atoms with van der Waals surface area (Å²) in [5.41, 5.74) is 5.97. The smallest absolute Gasteiger partial charge is 0.217 e. The highest BCUT2D eigenvalue weighted by molar-refractivity contribution is 6.22. The second-order valence-electron chi connectivity index (χ2n) is 9.16. The van der Waals surface area contributed by atoms with E-state index in [2.05, 4.69) is 47.4 Å². The van der Waals surface area contributed by atoms with Crippen LogP contribution in [-0.4, -0.2) is 22.2 Å². The number of para-hydroxylation sites is 1. The highest BCUT2D eigenvalue weighted by Gasteiger charge is 2.18. The van der Waals surface area contributed by atoms with Crippen molar-refractivity contribution in [3.8, 4) is 45.4 Å². The minimum absolute atomic E-state index is 0.110. The van der Waals surface area contributed by atoms with Crippen LogP contribution in [-0.2, 0) is 0 Å². The average molecular weight is 495 g/mol. The van der Waals surface area contributed by atoms with E-state index >= 15 is 0 Å². The minimum atomic E-state index is 0.110. The number of phenolic OH excluding ortho intramolecular Hbond substituents is 1. The van der Waals surface area contributed by atoms with Crippen LogP contribution in [0.1, 0.15) is 0 Å². The quantitative estimate of drug-likeness (QED) is 0.267. The number of fused-ring (bicyclic) bond motifs is 5. The second kappa shape index (κ2) is 8.75. The Morgan fingerprint density at radius 3 is 2.21 bits per heavy atom. The molecule has 0 amide bonds. The van der Waals surface area contributed by atoms with Crippen LogP contribution in [0.4, 0.5) is 0 Å². The highest BCUT2D eigenvalue weighted by atomic mass is 16.5. The van der Waals surface area contributed by atoms with E-state index in [0.29, 0.717) is 23.0 Å². The van der Waals surface area contributed by atoms with Crippen LogP contribution < -0.4 is 4.74 Å². The number of nitrogens with zero attached hydrogens (tertiary/aromatic N) is 2. The van der Waals surface area contributed by atoms with Gasteiger partial charge in [-0.15, -0.1) is 0 Å². The molecular formula is C33H22N2O3. The molecule has 0 spiro atoms. The predicted molar refractivity (Wildman–Crippen MR) is 151 cm³/mol. The SMILES string of the molecule is COc1cc(-c2cc3oc4cc(-c5ccccc5)ccc4c3c3ccccc23)nc(-c2ccccc2O)n1. The van der Waals surface area contributed by atoms with Crippen LogP contribution in [0.3, 0.4) is 0 Å². The van der Waals surface area contributed by atoms with Crippen LogP contribution in [0.15, 0.2) is 114 Å². The molecule has 0 fully saturated rings. The molecule has 0 saturated heterocycles. The van der Waals surface area contributed by atoms with Gasteiger partial charge in [-0.05, 0) is 52.2 Å². The topological polar surface area (TPSA) is 68.4 Å². The van der Waals surface area contributed by atoms with Crippen molar-refractivity contribution in [2.24, 2.45) is 0 Å². The summed E-state index contributed by atoms with van der Waals surface area (Å²) < 4.78 is 12.0. The first kappa shape index (κ1) is 22.1. The van der Waals surface area contributed by atoms with Gasteiger partial charge in [0.1, 0.15) is 16.9 Å². The second-order valence-corrected chi connectivity index (χ2v) is 9.16. The van der Waals surface area contributed by atoms with Gasteiger partial charge in [0.25, 0.3) is 0 Å². The lowest BCUT2D eigenvalue weighted by Gasteiger charge is -2.11. The van der Waals surface area contributed by atoms with Crippen molar-refractivity contribution in [2.45, 2.75) is 0 Å². The molecule has 1 N–H and O–H groups in total. The molecule has 0 bridgehead atoms. The maximum absolute atomic E-state index is 10.5. The van der Waals surface area contributed by atoms with Gasteiger partial charge in [-0.3, -0.25) is 0 Å². The third-order valence-electron chi connectivity index (χ3n) is 6.92. The van der Waals surface area contributed by atoms with Crippen molar-refractivity contribution in [3.05, 3.63) is 109 Å². The summed E-state index contributed by atoms with van der Waals surface area (Å²) in [5.74, 6) is 0.909. The Hall–Kier alpha value is -5.16. The number of hydrogen-bond acceptors (Lipinski definition) is 5. The highest BCUT2D eigenvalue weighted by Crippen LogP contribution is 2.41. The number of rotatable bonds is 4. The molecule has 0 unspecified atom stereocenters. The zero-order chi connectivity index (χ0) is 25.6. The average Bonchev–Trinajstić information content (AvgIpc) is 3.35. The van der Waals surface area contributed by atoms with E-state index in [4.69, 9.17) is 14.1 Å². The normalized spacial score (nSPS) is 11.4. The number of methoxy groups -OCH3 is 1. The van der Waals surface area contributed by atoms with E-state index in [0.717, 1.165) is 49.4 Å². The Morgan fingerprint density at radius 2 is 1.39 bits per heavy atom. The first-order valence-electron chi connectivity index (χ1n) is 12.3. The van der Waals surface area contributed by atoms with Gasteiger partial charge in [0.15, 0.2) is 5.82 Å². The summed E-state index contributed by atoms with van der Waals surface area (Å²) in [4.78, 5) is 9.36. The Bertz CT molecular complexity index is 1980. The fraction of sp³-hybridized carbons (Fsp3) is 0.0303. The number of phenols is 1. The molecule has 0 aliphatic carbocycles. The lowest BCUT2D eigenvalue weighted by atomic mass is 9.96. The minimum Gasteiger partial charge on any atom is -0.507 e. The van der Waals surface area contributed by atoms with Crippen molar-refractivity contribution in [2.75, 3.05) is 7.11 Å². The van der Waals surface area contributed by atoms with Gasteiger partial charge in [-0.2, -0.15) is 4.98 Å². The van der Waals surface area contributed by atoms with Crippen molar-refractivity contribution < 1.29 is 14.3 Å². The predicted octanol–water partition coefficient (Wildman–Crippen LogP) is 8.24. The number of ether oxygens (including phenoxy) is 1. The standard InChI is InChI=1S/C33H22N2O3/c1-37-31-19-27(34-33(35-31)24-13-7-8-14-28(24)36)26-18-30-32(23-12-6-5-11-22(23)26)25-16-15-21(17-29(25)38-30)20-9-3-2-4-10-20/h2-19,36H,1H3. The fourth-order valence-corrected chi connectivity index (χ4v) is 5.11. The molecule has 0 aliphatic rings. The summed E-state index contributed by atoms with van der Waals surface area (Å²) in [6.07, 6.45) is 0. The maximum atomic E-state index is 10.5. The summed E-state index contributed by atoms with van der Waals surface area (Å²) in [7, 11) is 1.58. The number of furan rings is 1. The van der Waals surface area contributed by atoms with Gasteiger partial charge in [-0.25, -0.2) is 4.98 Å². The van der Waals surface area contributed by atoms with E-state index in [1.807, 2.05) is 48.5 Å². The fourth-order valence-electron chi connectivity index (χ4n) is 5.11. The zero-order valence-electron chi connectivity index (χ0n) is 20.6. The molecule has 0 radical (unpaired) electrons. The molecule has 5 nitrogen and oxygen atoms in total. The van der Waals surface area contributed by atoms with Crippen molar-refractivity contribution >= 4 is 32.7 Å². The van der Waals surface area contributed by atoms with Crippen molar-refractivity contribution in [1.29, 1.82) is 0 Å². The van der Waals surface area contributed by atoms with Gasteiger partial charge in [0.2, 0.25) is 5.88 Å². The number of aromatic hydroxyl groups is 1. The molecular weight excluding hydrogens is 472 g/mol. The maximum Gasteiger partial charge on any atom is 0.217 e. The number of hydrogen-bond donors (Lipinski definition) is 1. The van der Waals surface area contributed by atoms with Gasteiger partial charge in [-0.1, -0.05) is 72.8 Å². The zero-order valence-corrected chi connectivity index (χ0v) is 20.6. The van der Waals surface area contributed by atoms with Crippen molar-refractivity contribution in [1.82, 2.24) is 9.97 Å². The van der Waals surface area contributed by atoms with Crippen LogP contribution in [0, 0.1) is 0 Å². The van der Waals surface area contributed by atoms with E-state index < -0.39 is 0 Å². The van der Waals surface area contributed by atoms with Gasteiger partial charge < -0.3 is 14.3 Å². The molecule has 0 aliphatic heterocycles. The van der Waals surface area contributed by atoms with Crippen LogP contribution >= 0.6 is 0 Å². The lowest BCUT2D eigenvalue weighted by molar-refractivity contribution is 0.397. The van der Waals surface area contributed by atoms with Gasteiger partial charge in [0, 0.05) is 22.4 Å². The molecule has 0 atom stereocenters. The molecule has 7 aromatic rings. The van der Waals surface area contributed by atoms with Crippen LogP contribution in [0.5, 0.6) is 11.6 Å². The van der Waals surface area contributed by atoms with E-state index in [1.54, 1.807) is 25.3 Å². The number of aromatic nitrogens is 2. The summed E-state index contributed by atoms with van der Waals surface area (Å²) >= 11 is 0. The Balaban J connectivity index is 1.49. The summed E-state index contributed by atoms with van der Waals surface area (Å²) in [6.45, 7) is 0. The van der Waals surface area contributed by atoms with Crippen LogP contribution in [0.2, 0.25) is 0 Å². The Kier molecular flexibility index (Phi) is 5.08. The van der Waals surface area contributed by atoms with E-state index in [9.17, 15) is 5.11 Å². The molecule has 7 rings (SSSR count). The first-order chi connectivity index (χ1) is 18.7. The third kappa shape index (κ3) is 3.56. The van der Waals surface area contributed by atoms with Crippen LogP contribution in [0.25, 0.3) is 66.5 Å². The van der Waals surface area contributed by atoms with E-state index in [1.165, 1.54) is 0 Å². The molecule has 5 heteroatoms. The molecule has 2 aromatic heterocycles. The van der Waals surface area contributed by atoms with Gasteiger partial charge >= 0.3 is 0 Å². The summed E-state index contributed by atoms with van der Waals surface area (Å²) in [6, 6.07) is 35.8. The molecule has 38 heavy (non-hydrogen) atoms. The third-order valence-corrected chi connectivity index (χ3v) is 6.92. The molecule has 182 valence electrons. The first-order valence-corrected chi connectivity index (χ1v) is 12.3. The Labute approximate surface area is 218 Å². The van der Waals surface area contributed by atoms with E-state index in [-0.39, 0.29) is 5.75 Å². The van der Waals surface area contributed by atoms with Crippen molar-refractivity contribution in [3.63, 3.8) is 0 Å². The largest absolute Gasteiger partial charge is 0.507 e. The van der Waals surface area contributed by atoms with Gasteiger partial charge in [0.05, 0.1) is 18.4 Å². The Morgan fingerprint density at radius 1 is 0.632 bits per heavy atom. The monoisotopic (exact) mass is 494 g/mol.